The van der Waals surface area contributed by atoms with Crippen LogP contribution in [-0.2, 0) is 22.6 Å². The van der Waals surface area contributed by atoms with Crippen molar-refractivity contribution in [2.45, 2.75) is 38.8 Å². The van der Waals surface area contributed by atoms with Crippen LogP contribution >= 0.6 is 11.6 Å². The lowest BCUT2D eigenvalue weighted by Crippen LogP contribution is -2.34. The fourth-order valence-corrected chi connectivity index (χ4v) is 5.60. The zero-order chi connectivity index (χ0) is 34.8. The average Bonchev–Trinajstić information content (AvgIpc) is 3.10. The maximum atomic E-state index is 14.1. The lowest BCUT2D eigenvalue weighted by atomic mass is 10.0. The highest BCUT2D eigenvalue weighted by atomic mass is 35.5. The molecule has 5 aromatic rings. The molecule has 49 heavy (non-hydrogen) atoms. The number of carbonyl (C=O) groups is 2. The van der Waals surface area contributed by atoms with E-state index in [0.29, 0.717) is 34.2 Å². The quantitative estimate of drug-likeness (QED) is 0.123. The summed E-state index contributed by atoms with van der Waals surface area (Å²) in [6.45, 7) is 2.19. The highest BCUT2D eigenvalue weighted by Gasteiger charge is 2.22. The summed E-state index contributed by atoms with van der Waals surface area (Å²) >= 11 is 6.42. The second-order valence-electron chi connectivity index (χ2n) is 11.7. The van der Waals surface area contributed by atoms with E-state index in [9.17, 15) is 14.0 Å². The van der Waals surface area contributed by atoms with E-state index >= 15 is 0 Å². The molecule has 1 atom stereocenters. The van der Waals surface area contributed by atoms with Gasteiger partial charge in [-0.05, 0) is 66.4 Å². The van der Waals surface area contributed by atoms with E-state index in [4.69, 9.17) is 26.8 Å². The van der Waals surface area contributed by atoms with E-state index in [2.05, 4.69) is 5.32 Å². The summed E-state index contributed by atoms with van der Waals surface area (Å²) in [5.41, 5.74) is 10.6. The van der Waals surface area contributed by atoms with E-state index in [1.165, 1.54) is 6.07 Å². The number of nitrogens with one attached hydrogen (secondary N) is 1. The normalized spacial score (nSPS) is 11.4. The summed E-state index contributed by atoms with van der Waals surface area (Å²) in [6.07, 6.45) is 0.587. The number of anilines is 1. The number of ether oxygens (including phenoxy) is 2. The van der Waals surface area contributed by atoms with Gasteiger partial charge in [0.15, 0.2) is 5.75 Å². The van der Waals surface area contributed by atoms with Crippen LogP contribution in [0.5, 0.6) is 17.2 Å². The molecule has 0 aliphatic heterocycles. The van der Waals surface area contributed by atoms with E-state index in [0.717, 1.165) is 28.0 Å². The van der Waals surface area contributed by atoms with Gasteiger partial charge in [0.25, 0.3) is 0 Å². The fraction of sp³-hybridized carbons (Fsp3) is 0.200. The largest absolute Gasteiger partial charge is 0.496 e. The number of carbonyl (C=O) groups excluding carboxylic acids is 2. The van der Waals surface area contributed by atoms with Gasteiger partial charge in [-0.15, -0.1) is 0 Å². The van der Waals surface area contributed by atoms with Gasteiger partial charge in [0.1, 0.15) is 17.3 Å². The topological polar surface area (TPSA) is 93.9 Å². The number of nitrogens with two attached hydrogens (primary N) is 1. The summed E-state index contributed by atoms with van der Waals surface area (Å²) in [4.78, 5) is 28.5. The van der Waals surface area contributed by atoms with E-state index in [1.54, 1.807) is 48.4 Å². The van der Waals surface area contributed by atoms with Crippen LogP contribution in [0.25, 0.3) is 11.1 Å². The highest BCUT2D eigenvalue weighted by Crippen LogP contribution is 2.36. The van der Waals surface area contributed by atoms with Crippen molar-refractivity contribution in [3.8, 4) is 28.4 Å². The molecule has 0 saturated heterocycles. The van der Waals surface area contributed by atoms with Gasteiger partial charge in [0, 0.05) is 47.8 Å². The second-order valence-corrected chi connectivity index (χ2v) is 12.1. The third-order valence-electron chi connectivity index (χ3n) is 8.07. The molecule has 2 amide bonds. The molecule has 0 bridgehead atoms. The van der Waals surface area contributed by atoms with Crippen molar-refractivity contribution in [1.82, 2.24) is 5.32 Å². The Labute approximate surface area is 291 Å². The minimum atomic E-state index is -0.378. The summed E-state index contributed by atoms with van der Waals surface area (Å²) < 4.78 is 25.9. The number of hydrogen-bond acceptors (Lipinski definition) is 5. The van der Waals surface area contributed by atoms with Crippen LogP contribution in [-0.4, -0.2) is 25.5 Å². The highest BCUT2D eigenvalue weighted by molar-refractivity contribution is 6.30. The van der Waals surface area contributed by atoms with Gasteiger partial charge >= 0.3 is 0 Å². The first-order valence-corrected chi connectivity index (χ1v) is 16.5. The third kappa shape index (κ3) is 9.47. The number of methoxy groups -OCH3 is 1. The molecule has 0 fully saturated rings. The minimum Gasteiger partial charge on any atom is -0.496 e. The number of nitrogens with zero attached hydrogens (tertiary/aromatic N) is 1. The second kappa shape index (κ2) is 16.8. The standard InChI is InChI=1S/C40H39ClFN3O4/c1-27(43)30-10-7-11-33(24-30)49-38-25-32(41)20-21-36(38)45(22-8-15-39(46)44-26-31-9-3-5-13-35(31)42)40(47)23-28-16-18-29(19-17-28)34-12-4-6-14-37(34)48-2/h3-7,9-14,16-21,24-25,27H,8,15,22-23,26,43H2,1-2H3,(H,44,46). The Bertz CT molecular complexity index is 1900. The zero-order valence-electron chi connectivity index (χ0n) is 27.5. The first-order chi connectivity index (χ1) is 23.7. The van der Waals surface area contributed by atoms with Crippen molar-refractivity contribution < 1.29 is 23.5 Å². The monoisotopic (exact) mass is 679 g/mol. The maximum absolute atomic E-state index is 14.1. The Hall–Kier alpha value is -5.18. The van der Waals surface area contributed by atoms with Crippen molar-refractivity contribution in [3.63, 3.8) is 0 Å². The molecule has 3 N–H and O–H groups in total. The Balaban J connectivity index is 1.37. The van der Waals surface area contributed by atoms with Gasteiger partial charge in [-0.2, -0.15) is 0 Å². The lowest BCUT2D eigenvalue weighted by molar-refractivity contribution is -0.122. The predicted molar refractivity (Wildman–Crippen MR) is 193 cm³/mol. The molecular formula is C40H39ClFN3O4. The average molecular weight is 680 g/mol. The Morgan fingerprint density at radius 2 is 1.65 bits per heavy atom. The third-order valence-corrected chi connectivity index (χ3v) is 8.31. The summed E-state index contributed by atoms with van der Waals surface area (Å²) in [7, 11) is 1.64. The van der Waals surface area contributed by atoms with Crippen molar-refractivity contribution in [3.05, 3.63) is 143 Å². The predicted octanol–water partition coefficient (Wildman–Crippen LogP) is 8.64. The molecule has 0 aliphatic rings. The number of rotatable bonds is 14. The zero-order valence-corrected chi connectivity index (χ0v) is 28.3. The smallest absolute Gasteiger partial charge is 0.231 e. The maximum Gasteiger partial charge on any atom is 0.231 e. The molecule has 0 heterocycles. The fourth-order valence-electron chi connectivity index (χ4n) is 5.44. The van der Waals surface area contributed by atoms with Gasteiger partial charge in [-0.3, -0.25) is 9.59 Å². The van der Waals surface area contributed by atoms with Crippen molar-refractivity contribution in [2.75, 3.05) is 18.6 Å². The molecule has 1 unspecified atom stereocenters. The van der Waals surface area contributed by atoms with Crippen LogP contribution in [0.3, 0.4) is 0 Å². The molecule has 7 nitrogen and oxygen atoms in total. The first kappa shape index (κ1) is 35.1. The van der Waals surface area contributed by atoms with Crippen LogP contribution in [0, 0.1) is 5.82 Å². The minimum absolute atomic E-state index is 0.0780. The Morgan fingerprint density at radius 1 is 0.898 bits per heavy atom. The van der Waals surface area contributed by atoms with Crippen LogP contribution in [0.2, 0.25) is 5.02 Å². The van der Waals surface area contributed by atoms with E-state index in [1.807, 2.05) is 79.7 Å². The SMILES string of the molecule is COc1ccccc1-c1ccc(CC(=O)N(CCCC(=O)NCc2ccccc2F)c2ccc(Cl)cc2Oc2cccc(C(C)N)c2)cc1. The van der Waals surface area contributed by atoms with Crippen molar-refractivity contribution in [2.24, 2.45) is 5.73 Å². The van der Waals surface area contributed by atoms with Gasteiger partial charge in [-0.25, -0.2) is 4.39 Å². The van der Waals surface area contributed by atoms with Gasteiger partial charge in [0.05, 0.1) is 19.2 Å². The van der Waals surface area contributed by atoms with Gasteiger partial charge in [-0.1, -0.05) is 84.4 Å². The molecule has 5 rings (SSSR count). The molecular weight excluding hydrogens is 641 g/mol. The number of benzene rings is 5. The Kier molecular flexibility index (Phi) is 12.0. The van der Waals surface area contributed by atoms with Crippen LogP contribution in [0.1, 0.15) is 42.5 Å². The van der Waals surface area contributed by atoms with Crippen molar-refractivity contribution >= 4 is 29.1 Å². The summed E-state index contributed by atoms with van der Waals surface area (Å²) in [6, 6.07) is 34.2. The number of halogens is 2. The lowest BCUT2D eigenvalue weighted by Gasteiger charge is -2.26. The molecule has 0 aliphatic carbocycles. The van der Waals surface area contributed by atoms with Crippen molar-refractivity contribution in [1.29, 1.82) is 0 Å². The molecule has 9 heteroatoms. The number of para-hydroxylation sites is 1. The van der Waals surface area contributed by atoms with Crippen LogP contribution in [0.15, 0.2) is 115 Å². The summed E-state index contributed by atoms with van der Waals surface area (Å²) in [5, 5.41) is 3.21. The Morgan fingerprint density at radius 3 is 2.41 bits per heavy atom. The molecule has 252 valence electrons. The molecule has 0 radical (unpaired) electrons. The van der Waals surface area contributed by atoms with Crippen LogP contribution in [0.4, 0.5) is 10.1 Å². The summed E-state index contributed by atoms with van der Waals surface area (Å²) in [5.74, 6) is 0.883. The number of hydrogen-bond donors (Lipinski definition) is 2. The van der Waals surface area contributed by atoms with E-state index < -0.39 is 0 Å². The van der Waals surface area contributed by atoms with Gasteiger partial charge in [0.2, 0.25) is 11.8 Å². The molecule has 0 saturated carbocycles. The van der Waals surface area contributed by atoms with E-state index in [-0.39, 0.29) is 49.6 Å². The molecule has 0 aromatic heterocycles. The first-order valence-electron chi connectivity index (χ1n) is 16.1. The molecule has 0 spiro atoms. The number of amides is 2. The van der Waals surface area contributed by atoms with Crippen LogP contribution < -0.4 is 25.4 Å². The molecule has 5 aromatic carbocycles. The van der Waals surface area contributed by atoms with Gasteiger partial charge < -0.3 is 25.4 Å².